The smallest absolute Gasteiger partial charge is 0.341 e. The second-order valence-corrected chi connectivity index (χ2v) is 5.44. The Morgan fingerprint density at radius 1 is 1.12 bits per heavy atom. The van der Waals surface area contributed by atoms with Gasteiger partial charge in [-0.2, -0.15) is 0 Å². The van der Waals surface area contributed by atoms with Gasteiger partial charge in [0.25, 0.3) is 5.91 Å². The van der Waals surface area contributed by atoms with Crippen LogP contribution in [0.4, 0.5) is 5.69 Å². The number of hydrogen-bond donors (Lipinski definition) is 1. The summed E-state index contributed by atoms with van der Waals surface area (Å²) < 4.78 is 10.4. The molecular weight excluding hydrogens is 312 g/mol. The highest BCUT2D eigenvalue weighted by Gasteiger charge is 2.23. The summed E-state index contributed by atoms with van der Waals surface area (Å²) in [6.45, 7) is 2.21. The van der Waals surface area contributed by atoms with Gasteiger partial charge in [0, 0.05) is 37.9 Å². The van der Waals surface area contributed by atoms with Gasteiger partial charge in [0.05, 0.1) is 6.26 Å². The molecule has 1 saturated heterocycles. The van der Waals surface area contributed by atoms with E-state index < -0.39 is 5.97 Å². The monoisotopic (exact) mass is 330 g/mol. The zero-order valence-corrected chi connectivity index (χ0v) is 13.1. The first-order valence-electron chi connectivity index (χ1n) is 7.66. The number of carbonyl (C=O) groups is 2. The van der Waals surface area contributed by atoms with Crippen LogP contribution in [0.15, 0.2) is 47.1 Å². The summed E-state index contributed by atoms with van der Waals surface area (Å²) in [6, 6.07) is 10.7. The van der Waals surface area contributed by atoms with Crippen molar-refractivity contribution in [3.05, 3.63) is 48.4 Å². The summed E-state index contributed by atoms with van der Waals surface area (Å²) in [6.07, 6.45) is 1.49. The molecule has 0 saturated carbocycles. The predicted molar refractivity (Wildman–Crippen MR) is 86.4 cm³/mol. The highest BCUT2D eigenvalue weighted by molar-refractivity contribution is 5.91. The van der Waals surface area contributed by atoms with Gasteiger partial charge in [-0.25, -0.2) is 4.79 Å². The number of hydrogen-bond acceptors (Lipinski definition) is 5. The minimum Gasteiger partial charge on any atom is -0.482 e. The zero-order valence-electron chi connectivity index (χ0n) is 13.1. The van der Waals surface area contributed by atoms with Crippen LogP contribution in [0.3, 0.4) is 0 Å². The molecule has 1 N–H and O–H groups in total. The Morgan fingerprint density at radius 2 is 1.92 bits per heavy atom. The van der Waals surface area contributed by atoms with Gasteiger partial charge in [-0.15, -0.1) is 0 Å². The molecule has 1 amide bonds. The Bertz CT molecular complexity index is 706. The zero-order chi connectivity index (χ0) is 16.9. The van der Waals surface area contributed by atoms with Crippen molar-refractivity contribution >= 4 is 17.6 Å². The van der Waals surface area contributed by atoms with Crippen LogP contribution in [-0.2, 0) is 4.79 Å². The maximum atomic E-state index is 12.2. The predicted octanol–water partition coefficient (Wildman–Crippen LogP) is 1.71. The fraction of sp³-hybridized carbons (Fsp3) is 0.294. The first-order chi connectivity index (χ1) is 11.6. The molecule has 2 heterocycles. The number of benzene rings is 1. The molecule has 1 fully saturated rings. The quantitative estimate of drug-likeness (QED) is 0.898. The second kappa shape index (κ2) is 7.08. The molecule has 126 valence electrons. The third-order valence-electron chi connectivity index (χ3n) is 3.84. The molecule has 1 aromatic heterocycles. The van der Waals surface area contributed by atoms with E-state index >= 15 is 0 Å². The van der Waals surface area contributed by atoms with E-state index in [1.807, 2.05) is 18.2 Å². The van der Waals surface area contributed by atoms with Gasteiger partial charge in [-0.05, 0) is 24.3 Å². The van der Waals surface area contributed by atoms with E-state index in [-0.39, 0.29) is 12.5 Å². The average Bonchev–Trinajstić information content (AvgIpc) is 3.14. The number of piperazine rings is 1. The number of amides is 1. The molecule has 1 aromatic carbocycles. The van der Waals surface area contributed by atoms with Crippen LogP contribution in [0.5, 0.6) is 5.75 Å². The van der Waals surface area contributed by atoms with Crippen LogP contribution in [0.25, 0.3) is 0 Å². The SMILES string of the molecule is O=C(O)COc1cccc(N2CCN(C(=O)c3ccco3)CC2)c1. The van der Waals surface area contributed by atoms with Gasteiger partial charge in [0.1, 0.15) is 5.75 Å². The Morgan fingerprint density at radius 3 is 2.58 bits per heavy atom. The number of ether oxygens (including phenoxy) is 1. The number of carboxylic acid groups (broad SMARTS) is 1. The summed E-state index contributed by atoms with van der Waals surface area (Å²) in [4.78, 5) is 26.7. The van der Waals surface area contributed by atoms with E-state index in [2.05, 4.69) is 4.90 Å². The normalized spacial score (nSPS) is 14.5. The second-order valence-electron chi connectivity index (χ2n) is 5.44. The average molecular weight is 330 g/mol. The van der Waals surface area contributed by atoms with Crippen molar-refractivity contribution in [3.8, 4) is 5.75 Å². The van der Waals surface area contributed by atoms with E-state index in [9.17, 15) is 9.59 Å². The highest BCUT2D eigenvalue weighted by Crippen LogP contribution is 2.23. The number of nitrogens with zero attached hydrogens (tertiary/aromatic N) is 2. The molecule has 0 bridgehead atoms. The maximum absolute atomic E-state index is 12.2. The number of aliphatic carboxylic acids is 1. The molecule has 0 spiro atoms. The Hall–Kier alpha value is -2.96. The molecule has 7 nitrogen and oxygen atoms in total. The first-order valence-corrected chi connectivity index (χ1v) is 7.66. The van der Waals surface area contributed by atoms with Gasteiger partial charge in [-0.3, -0.25) is 4.79 Å². The molecule has 7 heteroatoms. The number of carboxylic acids is 1. The fourth-order valence-corrected chi connectivity index (χ4v) is 2.64. The summed E-state index contributed by atoms with van der Waals surface area (Å²) >= 11 is 0. The Kier molecular flexibility index (Phi) is 4.69. The number of rotatable bonds is 5. The summed E-state index contributed by atoms with van der Waals surface area (Å²) in [7, 11) is 0. The largest absolute Gasteiger partial charge is 0.482 e. The van der Waals surface area contributed by atoms with Crippen LogP contribution in [-0.4, -0.2) is 54.7 Å². The molecule has 1 aliphatic heterocycles. The van der Waals surface area contributed by atoms with E-state index in [1.54, 1.807) is 23.1 Å². The lowest BCUT2D eigenvalue weighted by Gasteiger charge is -2.35. The van der Waals surface area contributed by atoms with Crippen LogP contribution >= 0.6 is 0 Å². The van der Waals surface area contributed by atoms with Gasteiger partial charge < -0.3 is 24.1 Å². The maximum Gasteiger partial charge on any atom is 0.341 e. The van der Waals surface area contributed by atoms with Crippen molar-refractivity contribution in [3.63, 3.8) is 0 Å². The lowest BCUT2D eigenvalue weighted by atomic mass is 10.2. The minimum atomic E-state index is -1.01. The molecule has 0 unspecified atom stereocenters. The standard InChI is InChI=1S/C17H18N2O5/c20-16(21)12-24-14-4-1-3-13(11-14)18-6-8-19(9-7-18)17(22)15-5-2-10-23-15/h1-5,10-11H,6-9,12H2,(H,20,21). The summed E-state index contributed by atoms with van der Waals surface area (Å²) in [5, 5.41) is 8.67. The van der Waals surface area contributed by atoms with Crippen LogP contribution in [0.2, 0.25) is 0 Å². The number of furan rings is 1. The molecule has 1 aliphatic rings. The van der Waals surface area contributed by atoms with Crippen molar-refractivity contribution in [1.29, 1.82) is 0 Å². The number of carbonyl (C=O) groups excluding carboxylic acids is 1. The third-order valence-corrected chi connectivity index (χ3v) is 3.84. The molecule has 3 rings (SSSR count). The molecule has 24 heavy (non-hydrogen) atoms. The van der Waals surface area contributed by atoms with E-state index in [1.165, 1.54) is 6.26 Å². The Balaban J connectivity index is 1.59. The summed E-state index contributed by atoms with van der Waals surface area (Å²) in [5.74, 6) is -0.236. The van der Waals surface area contributed by atoms with Crippen LogP contribution in [0.1, 0.15) is 10.6 Å². The molecule has 2 aromatic rings. The van der Waals surface area contributed by atoms with Crippen LogP contribution in [0, 0.1) is 0 Å². The van der Waals surface area contributed by atoms with Crippen molar-refractivity contribution in [2.75, 3.05) is 37.7 Å². The van der Waals surface area contributed by atoms with E-state index in [0.717, 1.165) is 5.69 Å². The fourth-order valence-electron chi connectivity index (χ4n) is 2.64. The van der Waals surface area contributed by atoms with Crippen molar-refractivity contribution in [2.45, 2.75) is 0 Å². The van der Waals surface area contributed by atoms with Crippen LogP contribution < -0.4 is 9.64 Å². The van der Waals surface area contributed by atoms with Crippen molar-refractivity contribution < 1.29 is 23.8 Å². The molecule has 0 radical (unpaired) electrons. The van der Waals surface area contributed by atoms with Crippen molar-refractivity contribution in [1.82, 2.24) is 4.90 Å². The molecule has 0 aliphatic carbocycles. The topological polar surface area (TPSA) is 83.2 Å². The van der Waals surface area contributed by atoms with E-state index in [4.69, 9.17) is 14.3 Å². The highest BCUT2D eigenvalue weighted by atomic mass is 16.5. The van der Waals surface area contributed by atoms with Gasteiger partial charge in [-0.1, -0.05) is 6.07 Å². The van der Waals surface area contributed by atoms with E-state index in [0.29, 0.717) is 37.7 Å². The lowest BCUT2D eigenvalue weighted by Crippen LogP contribution is -2.48. The number of anilines is 1. The van der Waals surface area contributed by atoms with Gasteiger partial charge in [0.2, 0.25) is 0 Å². The third kappa shape index (κ3) is 3.68. The minimum absolute atomic E-state index is 0.0989. The van der Waals surface area contributed by atoms with Gasteiger partial charge in [0.15, 0.2) is 12.4 Å². The molecule has 0 atom stereocenters. The first kappa shape index (κ1) is 15.9. The summed E-state index contributed by atoms with van der Waals surface area (Å²) in [5.41, 5.74) is 0.947. The molecular formula is C17H18N2O5. The van der Waals surface area contributed by atoms with Crippen molar-refractivity contribution in [2.24, 2.45) is 0 Å². The Labute approximate surface area is 139 Å². The van der Waals surface area contributed by atoms with Gasteiger partial charge >= 0.3 is 5.97 Å². The lowest BCUT2D eigenvalue weighted by molar-refractivity contribution is -0.139.